The average molecular weight is 419 g/mol. The van der Waals surface area contributed by atoms with E-state index in [-0.39, 0.29) is 13.0 Å². The van der Waals surface area contributed by atoms with Gasteiger partial charge in [0.15, 0.2) is 12.2 Å². The maximum atomic E-state index is 11.8. The molecule has 3 rings (SSSR count). The number of rotatable bonds is 6. The zero-order valence-corrected chi connectivity index (χ0v) is 15.2. The number of aromatic nitrogens is 1. The third-order valence-corrected chi connectivity index (χ3v) is 4.13. The topological polar surface area (TPSA) is 90.5 Å². The van der Waals surface area contributed by atoms with Gasteiger partial charge in [-0.25, -0.2) is 4.79 Å². The monoisotopic (exact) mass is 418 g/mol. The van der Waals surface area contributed by atoms with Crippen molar-refractivity contribution in [2.75, 3.05) is 11.9 Å². The molecule has 0 aliphatic heterocycles. The van der Waals surface area contributed by atoms with E-state index in [1.54, 1.807) is 48.5 Å². The molecule has 7 nitrogen and oxygen atoms in total. The molecule has 1 N–H and O–H groups in total. The van der Waals surface area contributed by atoms with Gasteiger partial charge in [0, 0.05) is 16.7 Å². The summed E-state index contributed by atoms with van der Waals surface area (Å²) in [6.07, 6.45) is -0.0466. The van der Waals surface area contributed by atoms with Crippen LogP contribution in [0, 0.1) is 0 Å². The summed E-state index contributed by atoms with van der Waals surface area (Å²) in [6, 6.07) is 14.0. The number of hydrogen-bond acceptors (Lipinski definition) is 5. The summed E-state index contributed by atoms with van der Waals surface area (Å²) in [6.45, 7) is -0.279. The van der Waals surface area contributed by atoms with Crippen molar-refractivity contribution in [3.8, 4) is 0 Å². The van der Waals surface area contributed by atoms with Crippen LogP contribution in [0.5, 0.6) is 0 Å². The van der Waals surface area contributed by atoms with E-state index in [2.05, 4.69) is 21.2 Å². The van der Waals surface area contributed by atoms with E-state index in [0.29, 0.717) is 16.8 Å². The highest BCUT2D eigenvalue weighted by molar-refractivity contribution is 9.10. The number of carbonyl (C=O) groups is 2. The molecule has 8 heteroatoms. The summed E-state index contributed by atoms with van der Waals surface area (Å²) in [5.74, 6) is -1.55. The number of amides is 1. The smallest absolute Gasteiger partial charge is 0.419 e. The molecule has 1 heterocycles. The van der Waals surface area contributed by atoms with Crippen LogP contribution in [-0.2, 0) is 20.9 Å². The van der Waals surface area contributed by atoms with E-state index in [1.165, 1.54) is 4.57 Å². The number of nitrogens with one attached hydrogen (secondary N) is 1. The van der Waals surface area contributed by atoms with Crippen LogP contribution in [0.15, 0.2) is 62.2 Å². The van der Waals surface area contributed by atoms with Crippen LogP contribution in [0.3, 0.4) is 0 Å². The number of hydrogen-bond donors (Lipinski definition) is 1. The largest absolute Gasteiger partial charge is 0.456 e. The van der Waals surface area contributed by atoms with E-state index < -0.39 is 24.2 Å². The first kappa shape index (κ1) is 17.9. The maximum absolute atomic E-state index is 11.8. The lowest BCUT2D eigenvalue weighted by molar-refractivity contribution is -0.147. The van der Waals surface area contributed by atoms with Gasteiger partial charge >= 0.3 is 11.7 Å². The molecule has 0 aliphatic rings. The molecule has 0 radical (unpaired) electrons. The Bertz CT molecular complexity index is 991. The molecule has 1 amide bonds. The summed E-state index contributed by atoms with van der Waals surface area (Å²) in [7, 11) is 0. The molecule has 2 aromatic carbocycles. The van der Waals surface area contributed by atoms with Crippen LogP contribution in [0.1, 0.15) is 6.42 Å². The fraction of sp³-hybridized carbons (Fsp3) is 0.167. The zero-order valence-electron chi connectivity index (χ0n) is 13.6. The van der Waals surface area contributed by atoms with Crippen molar-refractivity contribution in [1.29, 1.82) is 0 Å². The molecule has 26 heavy (non-hydrogen) atoms. The molecule has 0 saturated carbocycles. The summed E-state index contributed by atoms with van der Waals surface area (Å²) in [5, 5.41) is 2.62. The highest BCUT2D eigenvalue weighted by Gasteiger charge is 2.12. The van der Waals surface area contributed by atoms with Crippen LogP contribution in [-0.4, -0.2) is 23.1 Å². The van der Waals surface area contributed by atoms with Gasteiger partial charge in [0.1, 0.15) is 0 Å². The minimum atomic E-state index is -0.576. The number of oxazole rings is 1. The molecule has 3 aromatic rings. The third kappa shape index (κ3) is 4.40. The summed E-state index contributed by atoms with van der Waals surface area (Å²) < 4.78 is 12.3. The predicted molar refractivity (Wildman–Crippen MR) is 98.8 cm³/mol. The molecule has 0 aliphatic carbocycles. The second kappa shape index (κ2) is 8.01. The van der Waals surface area contributed by atoms with Gasteiger partial charge in [-0.15, -0.1) is 0 Å². The van der Waals surface area contributed by atoms with E-state index in [4.69, 9.17) is 9.15 Å². The molecular formula is C18H15BrN2O5. The van der Waals surface area contributed by atoms with E-state index in [9.17, 15) is 14.4 Å². The fourth-order valence-electron chi connectivity index (χ4n) is 2.38. The second-order valence-electron chi connectivity index (χ2n) is 5.45. The summed E-state index contributed by atoms with van der Waals surface area (Å²) in [5.41, 5.74) is 1.67. The van der Waals surface area contributed by atoms with Gasteiger partial charge in [-0.05, 0) is 36.4 Å². The molecule has 0 atom stereocenters. The van der Waals surface area contributed by atoms with Gasteiger partial charge < -0.3 is 14.5 Å². The standard InChI is InChI=1S/C18H15BrN2O5/c19-12-5-7-13(8-6-12)20-16(22)11-25-17(23)9-10-21-14-3-1-2-4-15(14)26-18(21)24/h1-8H,9-11H2,(H,20,22). The number of para-hydroxylation sites is 2. The Labute approximate surface area is 156 Å². The molecule has 0 saturated heterocycles. The van der Waals surface area contributed by atoms with Gasteiger partial charge in [0.25, 0.3) is 5.91 Å². The van der Waals surface area contributed by atoms with Crippen LogP contribution < -0.4 is 11.1 Å². The van der Waals surface area contributed by atoms with Crippen LogP contribution >= 0.6 is 15.9 Å². The van der Waals surface area contributed by atoms with Crippen molar-refractivity contribution in [2.45, 2.75) is 13.0 Å². The van der Waals surface area contributed by atoms with Gasteiger partial charge in [-0.1, -0.05) is 28.1 Å². The van der Waals surface area contributed by atoms with Crippen molar-refractivity contribution in [3.05, 3.63) is 63.6 Å². The number of carbonyl (C=O) groups excluding carboxylic acids is 2. The Morgan fingerprint density at radius 3 is 2.62 bits per heavy atom. The number of benzene rings is 2. The number of aryl methyl sites for hydroxylation is 1. The number of nitrogens with zero attached hydrogens (tertiary/aromatic N) is 1. The minimum Gasteiger partial charge on any atom is -0.456 e. The molecular weight excluding hydrogens is 404 g/mol. The molecule has 0 bridgehead atoms. The quantitative estimate of drug-likeness (QED) is 0.621. The van der Waals surface area contributed by atoms with Crippen LogP contribution in [0.4, 0.5) is 5.69 Å². The predicted octanol–water partition coefficient (Wildman–Crippen LogP) is 2.93. The van der Waals surface area contributed by atoms with Crippen molar-refractivity contribution >= 4 is 44.6 Å². The van der Waals surface area contributed by atoms with Gasteiger partial charge in [-0.2, -0.15) is 0 Å². The number of halogens is 1. The van der Waals surface area contributed by atoms with Crippen LogP contribution in [0.25, 0.3) is 11.1 Å². The maximum Gasteiger partial charge on any atom is 0.419 e. The average Bonchev–Trinajstić information content (AvgIpc) is 2.95. The van der Waals surface area contributed by atoms with Gasteiger partial charge in [0.05, 0.1) is 11.9 Å². The zero-order chi connectivity index (χ0) is 18.5. The molecule has 0 unspecified atom stereocenters. The van der Waals surface area contributed by atoms with Crippen molar-refractivity contribution < 1.29 is 18.7 Å². The molecule has 1 aromatic heterocycles. The SMILES string of the molecule is O=C(COC(=O)CCn1c(=O)oc2ccccc21)Nc1ccc(Br)cc1. The summed E-state index contributed by atoms with van der Waals surface area (Å²) >= 11 is 3.30. The Morgan fingerprint density at radius 2 is 1.85 bits per heavy atom. The van der Waals surface area contributed by atoms with E-state index in [1.807, 2.05) is 0 Å². The van der Waals surface area contributed by atoms with Crippen LogP contribution in [0.2, 0.25) is 0 Å². The van der Waals surface area contributed by atoms with E-state index in [0.717, 1.165) is 4.47 Å². The first-order chi connectivity index (χ1) is 12.5. The van der Waals surface area contributed by atoms with Crippen molar-refractivity contribution in [2.24, 2.45) is 0 Å². The molecule has 0 fully saturated rings. The number of anilines is 1. The second-order valence-corrected chi connectivity index (χ2v) is 6.37. The minimum absolute atomic E-state index is 0.0466. The van der Waals surface area contributed by atoms with Gasteiger partial charge in [-0.3, -0.25) is 14.2 Å². The van der Waals surface area contributed by atoms with E-state index >= 15 is 0 Å². The molecule has 0 spiro atoms. The Morgan fingerprint density at radius 1 is 1.12 bits per heavy atom. The first-order valence-corrected chi connectivity index (χ1v) is 8.61. The fourth-order valence-corrected chi connectivity index (χ4v) is 2.64. The first-order valence-electron chi connectivity index (χ1n) is 7.82. The number of fused-ring (bicyclic) bond motifs is 1. The lowest BCUT2D eigenvalue weighted by atomic mass is 10.3. The number of ether oxygens (including phenoxy) is 1. The highest BCUT2D eigenvalue weighted by atomic mass is 79.9. The normalized spacial score (nSPS) is 10.7. The third-order valence-electron chi connectivity index (χ3n) is 3.61. The van der Waals surface area contributed by atoms with Crippen molar-refractivity contribution in [1.82, 2.24) is 4.57 Å². The number of esters is 1. The van der Waals surface area contributed by atoms with Crippen molar-refractivity contribution in [3.63, 3.8) is 0 Å². The Hall–Kier alpha value is -2.87. The Kier molecular flexibility index (Phi) is 5.52. The lowest BCUT2D eigenvalue weighted by Crippen LogP contribution is -2.22. The van der Waals surface area contributed by atoms with Gasteiger partial charge in [0.2, 0.25) is 0 Å². The lowest BCUT2D eigenvalue weighted by Gasteiger charge is -2.07. The summed E-state index contributed by atoms with van der Waals surface area (Å²) in [4.78, 5) is 35.4. The Balaban J connectivity index is 1.49. The molecule has 134 valence electrons. The highest BCUT2D eigenvalue weighted by Crippen LogP contribution is 2.14.